The SMILES string of the molecule is Cc1c(Br)c(C(F)(F)F)nn1CCC(=O)Nc1ccc(NC(=O)c2ccn(C)n2)cc1. The first-order chi connectivity index (χ1) is 14.5. The summed E-state index contributed by atoms with van der Waals surface area (Å²) in [4.78, 5) is 24.3. The molecule has 0 fully saturated rings. The lowest BCUT2D eigenvalue weighted by atomic mass is 10.2. The van der Waals surface area contributed by atoms with Crippen molar-refractivity contribution in [3.63, 3.8) is 0 Å². The average Bonchev–Trinajstić information content (AvgIpc) is 3.26. The number of hydrogen-bond acceptors (Lipinski definition) is 4. The minimum atomic E-state index is -4.58. The third kappa shape index (κ3) is 5.51. The van der Waals surface area contributed by atoms with Crippen LogP contribution in [-0.2, 0) is 24.6 Å². The first kappa shape index (κ1) is 22.5. The summed E-state index contributed by atoms with van der Waals surface area (Å²) in [6.07, 6.45) is -2.99. The molecule has 164 valence electrons. The number of amides is 2. The molecule has 2 aromatic heterocycles. The fourth-order valence-electron chi connectivity index (χ4n) is 2.72. The highest BCUT2D eigenvalue weighted by molar-refractivity contribution is 9.10. The van der Waals surface area contributed by atoms with E-state index in [4.69, 9.17) is 0 Å². The number of alkyl halides is 3. The van der Waals surface area contributed by atoms with Gasteiger partial charge in [0, 0.05) is 31.0 Å². The lowest BCUT2D eigenvalue weighted by Gasteiger charge is -2.08. The first-order valence-corrected chi connectivity index (χ1v) is 9.85. The van der Waals surface area contributed by atoms with Crippen molar-refractivity contribution in [2.24, 2.45) is 7.05 Å². The summed E-state index contributed by atoms with van der Waals surface area (Å²) < 4.78 is 41.3. The second-order valence-electron chi connectivity index (χ2n) is 6.67. The monoisotopic (exact) mass is 498 g/mol. The number of hydrogen-bond donors (Lipinski definition) is 2. The number of aromatic nitrogens is 4. The van der Waals surface area contributed by atoms with E-state index in [0.29, 0.717) is 11.4 Å². The molecular weight excluding hydrogens is 481 g/mol. The Labute approximate surface area is 183 Å². The number of benzene rings is 1. The molecule has 2 N–H and O–H groups in total. The quantitative estimate of drug-likeness (QED) is 0.537. The summed E-state index contributed by atoms with van der Waals surface area (Å²) in [6, 6.07) is 8.01. The van der Waals surface area contributed by atoms with E-state index in [1.165, 1.54) is 11.6 Å². The van der Waals surface area contributed by atoms with Crippen molar-refractivity contribution in [3.05, 3.63) is 58.1 Å². The van der Waals surface area contributed by atoms with E-state index in [-0.39, 0.29) is 40.6 Å². The molecule has 3 rings (SSSR count). The molecule has 0 aliphatic rings. The molecule has 1 aromatic carbocycles. The van der Waals surface area contributed by atoms with E-state index in [1.807, 2.05) is 0 Å². The van der Waals surface area contributed by atoms with Crippen LogP contribution in [0.15, 0.2) is 41.0 Å². The fraction of sp³-hybridized carbons (Fsp3) is 0.263. The minimum absolute atomic E-state index is 0.00936. The third-order valence-corrected chi connectivity index (χ3v) is 5.27. The van der Waals surface area contributed by atoms with Gasteiger partial charge in [0.1, 0.15) is 0 Å². The summed E-state index contributed by atoms with van der Waals surface area (Å²) in [6.45, 7) is 1.48. The predicted molar refractivity (Wildman–Crippen MR) is 111 cm³/mol. The zero-order valence-corrected chi connectivity index (χ0v) is 18.1. The normalized spacial score (nSPS) is 11.4. The van der Waals surface area contributed by atoms with Gasteiger partial charge in [-0.3, -0.25) is 19.0 Å². The molecule has 8 nitrogen and oxygen atoms in total. The molecule has 0 spiro atoms. The average molecular weight is 499 g/mol. The zero-order chi connectivity index (χ0) is 22.8. The largest absolute Gasteiger partial charge is 0.436 e. The van der Waals surface area contributed by atoms with Crippen LogP contribution in [0.3, 0.4) is 0 Å². The Morgan fingerprint density at radius 2 is 1.68 bits per heavy atom. The molecule has 2 amide bonds. The highest BCUT2D eigenvalue weighted by Gasteiger charge is 2.37. The van der Waals surface area contributed by atoms with Crippen LogP contribution in [0.25, 0.3) is 0 Å². The van der Waals surface area contributed by atoms with E-state index in [0.717, 1.165) is 4.68 Å². The van der Waals surface area contributed by atoms with Gasteiger partial charge in [0.25, 0.3) is 5.91 Å². The maximum Gasteiger partial charge on any atom is 0.436 e. The summed E-state index contributed by atoms with van der Waals surface area (Å²) in [5.74, 6) is -0.749. The molecule has 0 unspecified atom stereocenters. The lowest BCUT2D eigenvalue weighted by Crippen LogP contribution is -2.16. The second kappa shape index (κ2) is 8.92. The van der Waals surface area contributed by atoms with Crippen LogP contribution in [-0.4, -0.2) is 31.4 Å². The van der Waals surface area contributed by atoms with Gasteiger partial charge in [-0.2, -0.15) is 23.4 Å². The number of nitrogens with one attached hydrogen (secondary N) is 2. The van der Waals surface area contributed by atoms with Gasteiger partial charge in [-0.15, -0.1) is 0 Å². The zero-order valence-electron chi connectivity index (χ0n) is 16.5. The Kier molecular flexibility index (Phi) is 6.48. The predicted octanol–water partition coefficient (Wildman–Crippen LogP) is 3.99. The van der Waals surface area contributed by atoms with Crippen LogP contribution < -0.4 is 10.6 Å². The van der Waals surface area contributed by atoms with Crippen LogP contribution in [0.1, 0.15) is 28.3 Å². The van der Waals surface area contributed by atoms with E-state index in [2.05, 4.69) is 36.8 Å². The van der Waals surface area contributed by atoms with Crippen LogP contribution in [0, 0.1) is 6.92 Å². The van der Waals surface area contributed by atoms with E-state index >= 15 is 0 Å². The first-order valence-electron chi connectivity index (χ1n) is 9.05. The van der Waals surface area contributed by atoms with E-state index < -0.39 is 11.9 Å². The van der Waals surface area contributed by atoms with Crippen molar-refractivity contribution in [1.82, 2.24) is 19.6 Å². The Morgan fingerprint density at radius 1 is 1.06 bits per heavy atom. The van der Waals surface area contributed by atoms with Gasteiger partial charge in [0.2, 0.25) is 5.91 Å². The maximum absolute atomic E-state index is 12.9. The number of carbonyl (C=O) groups excluding carboxylic acids is 2. The van der Waals surface area contributed by atoms with Gasteiger partial charge in [-0.25, -0.2) is 0 Å². The van der Waals surface area contributed by atoms with Crippen molar-refractivity contribution < 1.29 is 22.8 Å². The molecule has 0 atom stereocenters. The molecule has 0 saturated carbocycles. The standard InChI is InChI=1S/C19H18BrF3N6O2/c1-11-16(20)17(19(21,22)23)27-29(11)10-8-15(30)24-12-3-5-13(6-4-12)25-18(31)14-7-9-28(2)26-14/h3-7,9H,8,10H2,1-2H3,(H,24,30)(H,25,31). The van der Waals surface area contributed by atoms with Gasteiger partial charge in [-0.1, -0.05) is 0 Å². The highest BCUT2D eigenvalue weighted by Crippen LogP contribution is 2.35. The number of carbonyl (C=O) groups is 2. The van der Waals surface area contributed by atoms with Crippen LogP contribution in [0.5, 0.6) is 0 Å². The molecule has 31 heavy (non-hydrogen) atoms. The molecule has 12 heteroatoms. The van der Waals surface area contributed by atoms with Gasteiger partial charge in [0.05, 0.1) is 16.7 Å². The summed E-state index contributed by atoms with van der Waals surface area (Å²) >= 11 is 2.90. The smallest absolute Gasteiger partial charge is 0.326 e. The number of aryl methyl sites for hydroxylation is 2. The van der Waals surface area contributed by atoms with E-state index in [9.17, 15) is 22.8 Å². The molecule has 3 aromatic rings. The number of rotatable bonds is 6. The Balaban J connectivity index is 1.55. The topological polar surface area (TPSA) is 93.8 Å². The van der Waals surface area contributed by atoms with Crippen molar-refractivity contribution >= 4 is 39.1 Å². The number of halogens is 4. The number of nitrogens with zero attached hydrogens (tertiary/aromatic N) is 4. The Hall–Kier alpha value is -3.15. The Bertz CT molecular complexity index is 1110. The van der Waals surface area contributed by atoms with Crippen molar-refractivity contribution in [2.45, 2.75) is 26.1 Å². The van der Waals surface area contributed by atoms with Crippen molar-refractivity contribution in [3.8, 4) is 0 Å². The second-order valence-corrected chi connectivity index (χ2v) is 7.47. The molecule has 0 radical (unpaired) electrons. The number of anilines is 2. The molecular formula is C19H18BrF3N6O2. The van der Waals surface area contributed by atoms with Gasteiger partial charge < -0.3 is 10.6 Å². The minimum Gasteiger partial charge on any atom is -0.326 e. The van der Waals surface area contributed by atoms with Crippen LogP contribution in [0.2, 0.25) is 0 Å². The molecule has 0 aliphatic carbocycles. The lowest BCUT2D eigenvalue weighted by molar-refractivity contribution is -0.142. The van der Waals surface area contributed by atoms with Gasteiger partial charge in [0.15, 0.2) is 11.4 Å². The van der Waals surface area contributed by atoms with E-state index in [1.54, 1.807) is 43.6 Å². The molecule has 2 heterocycles. The summed E-state index contributed by atoms with van der Waals surface area (Å²) in [5, 5.41) is 12.9. The van der Waals surface area contributed by atoms with Gasteiger partial charge in [-0.05, 0) is 53.2 Å². The van der Waals surface area contributed by atoms with Gasteiger partial charge >= 0.3 is 6.18 Å². The fourth-order valence-corrected chi connectivity index (χ4v) is 3.23. The molecule has 0 aliphatic heterocycles. The van der Waals surface area contributed by atoms with Crippen molar-refractivity contribution in [1.29, 1.82) is 0 Å². The van der Waals surface area contributed by atoms with Crippen LogP contribution in [0.4, 0.5) is 24.5 Å². The highest BCUT2D eigenvalue weighted by atomic mass is 79.9. The maximum atomic E-state index is 12.9. The Morgan fingerprint density at radius 3 is 2.19 bits per heavy atom. The summed E-state index contributed by atoms with van der Waals surface area (Å²) in [7, 11) is 1.70. The molecule has 0 saturated heterocycles. The van der Waals surface area contributed by atoms with Crippen LogP contribution >= 0.6 is 15.9 Å². The van der Waals surface area contributed by atoms with Crippen molar-refractivity contribution in [2.75, 3.05) is 10.6 Å². The summed E-state index contributed by atoms with van der Waals surface area (Å²) in [5.41, 5.74) is 0.538. The molecule has 0 bridgehead atoms. The third-order valence-electron chi connectivity index (χ3n) is 4.33.